The lowest BCUT2D eigenvalue weighted by atomic mass is 10.1. The second-order valence-electron chi connectivity index (χ2n) is 6.52. The van der Waals surface area contributed by atoms with E-state index in [4.69, 9.17) is 32.4 Å². The average Bonchev–Trinajstić information content (AvgIpc) is 3.29. The molecule has 2 aromatic carbocycles. The van der Waals surface area contributed by atoms with Crippen molar-refractivity contribution in [2.75, 3.05) is 5.32 Å². The molecule has 1 atom stereocenters. The quantitative estimate of drug-likeness (QED) is 0.377. The molecule has 7 nitrogen and oxygen atoms in total. The Labute approximate surface area is 189 Å². The number of rotatable bonds is 7. The van der Waals surface area contributed by atoms with Crippen molar-refractivity contribution < 1.29 is 18.7 Å². The lowest BCUT2D eigenvalue weighted by Gasteiger charge is -2.14. The molecule has 1 aromatic heterocycles. The van der Waals surface area contributed by atoms with Gasteiger partial charge in [0.15, 0.2) is 11.9 Å². The molecular weight excluding hydrogens is 441 g/mol. The molecule has 0 aliphatic carbocycles. The molecular formula is C22H19Cl2N3O4. The molecule has 1 unspecified atom stereocenters. The Hall–Kier alpha value is -3.29. The number of benzene rings is 2. The summed E-state index contributed by atoms with van der Waals surface area (Å²) in [5.41, 5.74) is 4.29. The summed E-state index contributed by atoms with van der Waals surface area (Å²) in [6, 6.07) is 15.0. The zero-order chi connectivity index (χ0) is 22.4. The van der Waals surface area contributed by atoms with Gasteiger partial charge in [0.2, 0.25) is 0 Å². The molecule has 1 heterocycles. The molecule has 3 aromatic rings. The molecule has 31 heavy (non-hydrogen) atoms. The first-order valence-corrected chi connectivity index (χ1v) is 10.00. The number of furan rings is 1. The van der Waals surface area contributed by atoms with Crippen molar-refractivity contribution in [2.24, 2.45) is 5.10 Å². The van der Waals surface area contributed by atoms with Gasteiger partial charge in [0.05, 0.1) is 17.0 Å². The smallest absolute Gasteiger partial charge is 0.291 e. The highest BCUT2D eigenvalue weighted by atomic mass is 35.5. The fourth-order valence-corrected chi connectivity index (χ4v) is 2.98. The van der Waals surface area contributed by atoms with Gasteiger partial charge in [0, 0.05) is 10.7 Å². The molecule has 0 aliphatic rings. The molecule has 3 rings (SSSR count). The van der Waals surface area contributed by atoms with Crippen molar-refractivity contribution in [3.63, 3.8) is 0 Å². The number of carbonyl (C=O) groups excluding carboxylic acids is 2. The van der Waals surface area contributed by atoms with Gasteiger partial charge >= 0.3 is 0 Å². The number of hydrogen-bond acceptors (Lipinski definition) is 5. The Bertz CT molecular complexity index is 1110. The molecule has 2 amide bonds. The van der Waals surface area contributed by atoms with Crippen LogP contribution in [0.5, 0.6) is 5.75 Å². The van der Waals surface area contributed by atoms with E-state index < -0.39 is 12.0 Å². The number of carbonyl (C=O) groups is 2. The van der Waals surface area contributed by atoms with E-state index in [0.29, 0.717) is 32.8 Å². The average molecular weight is 460 g/mol. The summed E-state index contributed by atoms with van der Waals surface area (Å²) in [4.78, 5) is 24.4. The Morgan fingerprint density at radius 1 is 1.10 bits per heavy atom. The Morgan fingerprint density at radius 3 is 2.61 bits per heavy atom. The number of hydrazone groups is 1. The highest BCUT2D eigenvalue weighted by Gasteiger charge is 2.16. The number of hydrogen-bond donors (Lipinski definition) is 2. The van der Waals surface area contributed by atoms with Crippen LogP contribution < -0.4 is 15.5 Å². The van der Waals surface area contributed by atoms with Crippen molar-refractivity contribution in [3.05, 3.63) is 82.2 Å². The van der Waals surface area contributed by atoms with E-state index in [9.17, 15) is 9.59 Å². The predicted molar refractivity (Wildman–Crippen MR) is 120 cm³/mol. The van der Waals surface area contributed by atoms with E-state index in [-0.39, 0.29) is 11.7 Å². The number of halogens is 2. The maximum Gasteiger partial charge on any atom is 0.291 e. The van der Waals surface area contributed by atoms with Crippen molar-refractivity contribution >= 4 is 46.4 Å². The number of amides is 2. The van der Waals surface area contributed by atoms with E-state index in [2.05, 4.69) is 15.8 Å². The molecule has 0 aliphatic heterocycles. The zero-order valence-corrected chi connectivity index (χ0v) is 18.2. The molecule has 0 radical (unpaired) electrons. The number of ether oxygens (including phenoxy) is 1. The minimum absolute atomic E-state index is 0.206. The van der Waals surface area contributed by atoms with Gasteiger partial charge in [-0.2, -0.15) is 5.10 Å². The Morgan fingerprint density at radius 2 is 1.90 bits per heavy atom. The van der Waals surface area contributed by atoms with Crippen LogP contribution in [0.2, 0.25) is 10.0 Å². The van der Waals surface area contributed by atoms with E-state index in [1.807, 2.05) is 0 Å². The third kappa shape index (κ3) is 6.10. The molecule has 0 saturated heterocycles. The van der Waals surface area contributed by atoms with Gasteiger partial charge in [0.25, 0.3) is 11.8 Å². The number of nitrogens with one attached hydrogen (secondary N) is 2. The molecule has 0 bridgehead atoms. The van der Waals surface area contributed by atoms with Crippen LogP contribution in [0, 0.1) is 0 Å². The Balaban J connectivity index is 1.61. The molecule has 9 heteroatoms. The van der Waals surface area contributed by atoms with Crippen LogP contribution in [0.3, 0.4) is 0 Å². The molecule has 0 fully saturated rings. The van der Waals surface area contributed by atoms with Crippen molar-refractivity contribution in [1.29, 1.82) is 0 Å². The largest absolute Gasteiger partial charge is 0.479 e. The van der Waals surface area contributed by atoms with Gasteiger partial charge in [-0.25, -0.2) is 5.43 Å². The SMILES string of the molecule is CC(=NNC(=O)C(C)Oc1ccc(Cl)cc1Cl)c1cccc(NC(=O)c2ccco2)c1. The maximum atomic E-state index is 12.3. The van der Waals surface area contributed by atoms with E-state index in [1.165, 1.54) is 12.3 Å². The second kappa shape index (κ2) is 10.1. The fourth-order valence-electron chi connectivity index (χ4n) is 2.53. The highest BCUT2D eigenvalue weighted by molar-refractivity contribution is 6.35. The molecule has 160 valence electrons. The van der Waals surface area contributed by atoms with Gasteiger partial charge in [-0.1, -0.05) is 35.3 Å². The van der Waals surface area contributed by atoms with Crippen molar-refractivity contribution in [2.45, 2.75) is 20.0 Å². The molecule has 0 spiro atoms. The first kappa shape index (κ1) is 22.4. The maximum absolute atomic E-state index is 12.3. The summed E-state index contributed by atoms with van der Waals surface area (Å²) in [7, 11) is 0. The Kier molecular flexibility index (Phi) is 7.33. The minimum Gasteiger partial charge on any atom is -0.479 e. The van der Waals surface area contributed by atoms with Gasteiger partial charge in [-0.3, -0.25) is 9.59 Å². The normalized spacial score (nSPS) is 12.2. The zero-order valence-electron chi connectivity index (χ0n) is 16.7. The molecule has 0 saturated carbocycles. The first-order chi connectivity index (χ1) is 14.8. The van der Waals surface area contributed by atoms with Crippen LogP contribution in [-0.2, 0) is 4.79 Å². The van der Waals surface area contributed by atoms with Gasteiger partial charge in [-0.15, -0.1) is 0 Å². The second-order valence-corrected chi connectivity index (χ2v) is 7.36. The summed E-state index contributed by atoms with van der Waals surface area (Å²) >= 11 is 11.9. The highest BCUT2D eigenvalue weighted by Crippen LogP contribution is 2.28. The van der Waals surface area contributed by atoms with Crippen LogP contribution in [0.25, 0.3) is 0 Å². The summed E-state index contributed by atoms with van der Waals surface area (Å²) in [5, 5.41) is 7.63. The third-order valence-corrected chi connectivity index (χ3v) is 4.71. The van der Waals surface area contributed by atoms with E-state index in [1.54, 1.807) is 62.4 Å². The summed E-state index contributed by atoms with van der Waals surface area (Å²) in [6.45, 7) is 3.31. The van der Waals surface area contributed by atoms with Crippen LogP contribution in [0.1, 0.15) is 30.0 Å². The lowest BCUT2D eigenvalue weighted by molar-refractivity contribution is -0.127. The van der Waals surface area contributed by atoms with Gasteiger partial charge in [0.1, 0.15) is 5.75 Å². The molecule has 2 N–H and O–H groups in total. The lowest BCUT2D eigenvalue weighted by Crippen LogP contribution is -2.34. The predicted octanol–water partition coefficient (Wildman–Crippen LogP) is 5.15. The topological polar surface area (TPSA) is 92.9 Å². The van der Waals surface area contributed by atoms with Crippen LogP contribution in [0.4, 0.5) is 5.69 Å². The standard InChI is InChI=1S/C22H19Cl2N3O4/c1-13(15-5-3-6-17(11-15)25-22(29)20-7-4-10-30-20)26-27-21(28)14(2)31-19-9-8-16(23)12-18(19)24/h3-12,14H,1-2H3,(H,25,29)(H,27,28). The van der Waals surface area contributed by atoms with Crippen LogP contribution in [0.15, 0.2) is 70.4 Å². The van der Waals surface area contributed by atoms with Crippen LogP contribution >= 0.6 is 23.2 Å². The summed E-state index contributed by atoms with van der Waals surface area (Å²) in [5.74, 6) is -0.267. The monoisotopic (exact) mass is 459 g/mol. The van der Waals surface area contributed by atoms with Gasteiger partial charge in [-0.05, 0) is 61.9 Å². The summed E-state index contributed by atoms with van der Waals surface area (Å²) < 4.78 is 10.6. The van der Waals surface area contributed by atoms with E-state index >= 15 is 0 Å². The van der Waals surface area contributed by atoms with Crippen molar-refractivity contribution in [3.8, 4) is 5.75 Å². The van der Waals surface area contributed by atoms with E-state index in [0.717, 1.165) is 0 Å². The first-order valence-electron chi connectivity index (χ1n) is 9.24. The summed E-state index contributed by atoms with van der Waals surface area (Å²) in [6.07, 6.45) is 0.588. The number of anilines is 1. The van der Waals surface area contributed by atoms with Crippen molar-refractivity contribution in [1.82, 2.24) is 5.43 Å². The number of nitrogens with zero attached hydrogens (tertiary/aromatic N) is 1. The van der Waals surface area contributed by atoms with Gasteiger partial charge < -0.3 is 14.5 Å². The fraction of sp³-hybridized carbons (Fsp3) is 0.136. The third-order valence-electron chi connectivity index (χ3n) is 4.18. The minimum atomic E-state index is -0.839. The van der Waals surface area contributed by atoms with Crippen LogP contribution in [-0.4, -0.2) is 23.6 Å².